The van der Waals surface area contributed by atoms with Crippen molar-refractivity contribution in [3.05, 3.63) is 24.0 Å². The van der Waals surface area contributed by atoms with Gasteiger partial charge in [0.2, 0.25) is 0 Å². The van der Waals surface area contributed by atoms with Gasteiger partial charge in [-0.1, -0.05) is 0 Å². The van der Waals surface area contributed by atoms with E-state index in [1.165, 1.54) is 6.42 Å². The smallest absolute Gasteiger partial charge is 0.269 e. The van der Waals surface area contributed by atoms with E-state index in [4.69, 9.17) is 0 Å². The van der Waals surface area contributed by atoms with Crippen molar-refractivity contribution in [3.63, 3.8) is 0 Å². The number of carbonyl (C=O) groups is 1. The second-order valence-corrected chi connectivity index (χ2v) is 4.93. The molecule has 2 unspecified atom stereocenters. The molecule has 1 aliphatic heterocycles. The summed E-state index contributed by atoms with van der Waals surface area (Å²) >= 11 is 0. The second kappa shape index (κ2) is 6.52. The van der Waals surface area contributed by atoms with Gasteiger partial charge in [-0.2, -0.15) is 0 Å². The molecule has 0 aromatic carbocycles. The molecule has 1 aromatic heterocycles. The fraction of sp³-hybridized carbons (Fsp3) is 0.571. The second-order valence-electron chi connectivity index (χ2n) is 4.93. The lowest BCUT2D eigenvalue weighted by Gasteiger charge is -2.31. The Morgan fingerprint density at radius 3 is 3.16 bits per heavy atom. The summed E-state index contributed by atoms with van der Waals surface area (Å²) in [6, 6.07) is 4.56. The zero-order valence-electron chi connectivity index (χ0n) is 11.6. The third kappa shape index (κ3) is 3.67. The molecule has 5 nitrogen and oxygen atoms in total. The lowest BCUT2D eigenvalue weighted by molar-refractivity contribution is 0.0951. The average molecular weight is 262 g/mol. The van der Waals surface area contributed by atoms with E-state index < -0.39 is 0 Å². The monoisotopic (exact) mass is 262 g/mol. The molecule has 2 rings (SSSR count). The highest BCUT2D eigenvalue weighted by molar-refractivity contribution is 5.93. The molecule has 0 spiro atoms. The summed E-state index contributed by atoms with van der Waals surface area (Å²) in [5, 5.41) is 9.70. The Morgan fingerprint density at radius 1 is 1.58 bits per heavy atom. The maximum absolute atomic E-state index is 11.7. The van der Waals surface area contributed by atoms with E-state index in [2.05, 4.69) is 27.9 Å². The molecule has 0 saturated carbocycles. The number of amides is 1. The Morgan fingerprint density at radius 2 is 2.42 bits per heavy atom. The van der Waals surface area contributed by atoms with Gasteiger partial charge in [0.05, 0.1) is 0 Å². The number of aromatic nitrogens is 1. The van der Waals surface area contributed by atoms with E-state index in [9.17, 15) is 4.79 Å². The van der Waals surface area contributed by atoms with Crippen LogP contribution >= 0.6 is 0 Å². The van der Waals surface area contributed by atoms with Gasteiger partial charge in [-0.15, -0.1) is 0 Å². The lowest BCUT2D eigenvalue weighted by atomic mass is 9.99. The van der Waals surface area contributed by atoms with Gasteiger partial charge in [0.25, 0.3) is 5.91 Å². The number of nitrogens with one attached hydrogen (secondary N) is 3. The lowest BCUT2D eigenvalue weighted by Crippen LogP contribution is -2.46. The van der Waals surface area contributed by atoms with E-state index in [0.29, 0.717) is 24.3 Å². The van der Waals surface area contributed by atoms with Crippen molar-refractivity contribution < 1.29 is 4.79 Å². The molecule has 5 heteroatoms. The number of hydrogen-bond acceptors (Lipinski definition) is 4. The first-order chi connectivity index (χ1) is 9.20. The Kier molecular flexibility index (Phi) is 4.74. The molecule has 2 heterocycles. The summed E-state index contributed by atoms with van der Waals surface area (Å²) in [6.45, 7) is 5.78. The molecule has 1 saturated heterocycles. The largest absolute Gasteiger partial charge is 0.381 e. The van der Waals surface area contributed by atoms with Crippen LogP contribution in [0.15, 0.2) is 18.3 Å². The zero-order chi connectivity index (χ0) is 13.7. The van der Waals surface area contributed by atoms with E-state index in [1.807, 2.05) is 19.1 Å². The van der Waals surface area contributed by atoms with Crippen LogP contribution in [0.4, 0.5) is 5.69 Å². The van der Waals surface area contributed by atoms with Crippen molar-refractivity contribution >= 4 is 11.6 Å². The first-order valence-corrected chi connectivity index (χ1v) is 6.95. The number of anilines is 1. The zero-order valence-corrected chi connectivity index (χ0v) is 11.6. The molecule has 0 aliphatic carbocycles. The third-order valence-corrected chi connectivity index (χ3v) is 3.44. The Hall–Kier alpha value is -1.62. The predicted molar refractivity (Wildman–Crippen MR) is 76.4 cm³/mol. The van der Waals surface area contributed by atoms with E-state index in [-0.39, 0.29) is 5.91 Å². The van der Waals surface area contributed by atoms with Gasteiger partial charge in [0, 0.05) is 30.5 Å². The SMILES string of the molecule is CCNC(=O)c1cc(NC2CCCNC2C)ccn1. The summed E-state index contributed by atoms with van der Waals surface area (Å²) in [5.41, 5.74) is 1.42. The summed E-state index contributed by atoms with van der Waals surface area (Å²) < 4.78 is 0. The molecule has 2 atom stereocenters. The molecular formula is C14H22N4O. The van der Waals surface area contributed by atoms with Gasteiger partial charge in [-0.05, 0) is 45.4 Å². The fourth-order valence-corrected chi connectivity index (χ4v) is 2.35. The number of rotatable bonds is 4. The van der Waals surface area contributed by atoms with Crippen molar-refractivity contribution in [2.45, 2.75) is 38.8 Å². The topological polar surface area (TPSA) is 66.1 Å². The van der Waals surface area contributed by atoms with Gasteiger partial charge < -0.3 is 16.0 Å². The van der Waals surface area contributed by atoms with Crippen LogP contribution in [-0.2, 0) is 0 Å². The van der Waals surface area contributed by atoms with Crippen molar-refractivity contribution in [2.75, 3.05) is 18.4 Å². The Bertz CT molecular complexity index is 435. The van der Waals surface area contributed by atoms with E-state index in [1.54, 1.807) is 6.20 Å². The summed E-state index contributed by atoms with van der Waals surface area (Å²) in [4.78, 5) is 15.8. The molecular weight excluding hydrogens is 240 g/mol. The van der Waals surface area contributed by atoms with Gasteiger partial charge in [0.1, 0.15) is 5.69 Å². The van der Waals surface area contributed by atoms with Gasteiger partial charge in [-0.3, -0.25) is 9.78 Å². The van der Waals surface area contributed by atoms with Crippen molar-refractivity contribution in [1.29, 1.82) is 0 Å². The summed E-state index contributed by atoms with van der Waals surface area (Å²) in [5.74, 6) is -0.124. The van der Waals surface area contributed by atoms with Crippen LogP contribution in [0.1, 0.15) is 37.2 Å². The molecule has 0 radical (unpaired) electrons. The average Bonchev–Trinajstić information content (AvgIpc) is 2.42. The van der Waals surface area contributed by atoms with E-state index in [0.717, 1.165) is 18.7 Å². The van der Waals surface area contributed by atoms with E-state index >= 15 is 0 Å². The van der Waals surface area contributed by atoms with Crippen LogP contribution in [0, 0.1) is 0 Å². The molecule has 1 aromatic rings. The maximum Gasteiger partial charge on any atom is 0.269 e. The molecule has 3 N–H and O–H groups in total. The molecule has 1 amide bonds. The van der Waals surface area contributed by atoms with Gasteiger partial charge in [-0.25, -0.2) is 0 Å². The third-order valence-electron chi connectivity index (χ3n) is 3.44. The van der Waals surface area contributed by atoms with Gasteiger partial charge in [0.15, 0.2) is 0 Å². The Balaban J connectivity index is 2.04. The number of hydrogen-bond donors (Lipinski definition) is 3. The predicted octanol–water partition coefficient (Wildman–Crippen LogP) is 1.38. The van der Waals surface area contributed by atoms with Crippen LogP contribution in [-0.4, -0.2) is 36.1 Å². The van der Waals surface area contributed by atoms with Crippen molar-refractivity contribution in [3.8, 4) is 0 Å². The minimum absolute atomic E-state index is 0.124. The van der Waals surface area contributed by atoms with Crippen LogP contribution in [0.5, 0.6) is 0 Å². The number of pyridine rings is 1. The molecule has 104 valence electrons. The number of carbonyl (C=O) groups excluding carboxylic acids is 1. The molecule has 1 aliphatic rings. The van der Waals surface area contributed by atoms with Crippen LogP contribution in [0.2, 0.25) is 0 Å². The quantitative estimate of drug-likeness (QED) is 0.767. The Labute approximate surface area is 114 Å². The van der Waals surface area contributed by atoms with Crippen LogP contribution < -0.4 is 16.0 Å². The minimum atomic E-state index is -0.124. The normalized spacial score (nSPS) is 22.8. The van der Waals surface area contributed by atoms with Crippen molar-refractivity contribution in [1.82, 2.24) is 15.6 Å². The number of nitrogens with zero attached hydrogens (tertiary/aromatic N) is 1. The molecule has 19 heavy (non-hydrogen) atoms. The van der Waals surface area contributed by atoms with Crippen LogP contribution in [0.25, 0.3) is 0 Å². The highest BCUT2D eigenvalue weighted by Gasteiger charge is 2.20. The standard InChI is InChI=1S/C14H22N4O/c1-3-15-14(19)13-9-11(6-8-17-13)18-12-5-4-7-16-10(12)2/h6,8-10,12,16H,3-5,7H2,1-2H3,(H,15,19)(H,17,18). The minimum Gasteiger partial charge on any atom is -0.381 e. The number of piperidine rings is 1. The highest BCUT2D eigenvalue weighted by atomic mass is 16.1. The molecule has 0 bridgehead atoms. The fourth-order valence-electron chi connectivity index (χ4n) is 2.35. The highest BCUT2D eigenvalue weighted by Crippen LogP contribution is 2.16. The summed E-state index contributed by atoms with van der Waals surface area (Å²) in [6.07, 6.45) is 4.00. The van der Waals surface area contributed by atoms with Crippen molar-refractivity contribution in [2.24, 2.45) is 0 Å². The first-order valence-electron chi connectivity index (χ1n) is 6.95. The van der Waals surface area contributed by atoms with Gasteiger partial charge >= 0.3 is 0 Å². The maximum atomic E-state index is 11.7. The first kappa shape index (κ1) is 13.8. The van der Waals surface area contributed by atoms with Crippen LogP contribution in [0.3, 0.4) is 0 Å². The summed E-state index contributed by atoms with van der Waals surface area (Å²) in [7, 11) is 0. The molecule has 1 fully saturated rings.